The molecule has 2 saturated heterocycles. The number of hydrogen-bond acceptors (Lipinski definition) is 5. The van der Waals surface area contributed by atoms with Gasteiger partial charge in [0, 0.05) is 26.6 Å². The summed E-state index contributed by atoms with van der Waals surface area (Å²) in [6.45, 7) is 7.48. The van der Waals surface area contributed by atoms with Crippen molar-refractivity contribution in [1.29, 1.82) is 0 Å². The molecule has 3 rings (SSSR count). The van der Waals surface area contributed by atoms with E-state index in [1.165, 1.54) is 6.92 Å². The molecule has 2 heterocycles. The van der Waals surface area contributed by atoms with Gasteiger partial charge in [-0.15, -0.1) is 0 Å². The Bertz CT molecular complexity index is 597. The van der Waals surface area contributed by atoms with Crippen molar-refractivity contribution in [2.75, 3.05) is 39.5 Å². The molecular weight excluding hydrogens is 344 g/mol. The van der Waals surface area contributed by atoms with E-state index in [2.05, 4.69) is 10.2 Å². The molecule has 0 unspecified atom stereocenters. The maximum atomic E-state index is 11.1. The minimum Gasteiger partial charge on any atom is -0.491 e. The van der Waals surface area contributed by atoms with E-state index in [4.69, 9.17) is 25.8 Å². The molecule has 138 valence electrons. The van der Waals surface area contributed by atoms with E-state index in [0.29, 0.717) is 24.8 Å². The van der Waals surface area contributed by atoms with Gasteiger partial charge in [-0.3, -0.25) is 9.69 Å². The predicted molar refractivity (Wildman–Crippen MR) is 95.2 cm³/mol. The molecule has 7 heteroatoms. The normalized spacial score (nSPS) is 24.6. The summed E-state index contributed by atoms with van der Waals surface area (Å²) in [6, 6.07) is 5.70. The largest absolute Gasteiger partial charge is 0.491 e. The number of likely N-dealkylation sites (tertiary alicyclic amines) is 1. The Labute approximate surface area is 153 Å². The molecule has 1 aromatic rings. The Morgan fingerprint density at radius 1 is 1.32 bits per heavy atom. The highest BCUT2D eigenvalue weighted by molar-refractivity contribution is 6.32. The monoisotopic (exact) mass is 368 g/mol. The fourth-order valence-corrected chi connectivity index (χ4v) is 3.40. The Kier molecular flexibility index (Phi) is 6.17. The molecular formula is C18H25ClN2O4. The lowest BCUT2D eigenvalue weighted by molar-refractivity contribution is -0.120. The van der Waals surface area contributed by atoms with Gasteiger partial charge in [0.25, 0.3) is 0 Å². The average molecular weight is 369 g/mol. The second-order valence-corrected chi connectivity index (χ2v) is 7.09. The molecule has 0 spiro atoms. The second kappa shape index (κ2) is 8.36. The van der Waals surface area contributed by atoms with Crippen LogP contribution in [0.3, 0.4) is 0 Å². The first kappa shape index (κ1) is 18.5. The summed E-state index contributed by atoms with van der Waals surface area (Å²) in [5.41, 5.74) is 1.12. The molecule has 2 fully saturated rings. The SMILES string of the molecule is CC(=O)NC1CO[C@H]2CN(CCOc3cc(C)ccc3Cl)C[C@@H]2OC1. The topological polar surface area (TPSA) is 60.0 Å². The van der Waals surface area contributed by atoms with Crippen LogP contribution in [-0.4, -0.2) is 68.5 Å². The van der Waals surface area contributed by atoms with Crippen LogP contribution in [0.15, 0.2) is 18.2 Å². The van der Waals surface area contributed by atoms with Crippen LogP contribution in [0.5, 0.6) is 5.75 Å². The highest BCUT2D eigenvalue weighted by Crippen LogP contribution is 2.25. The quantitative estimate of drug-likeness (QED) is 0.856. The molecule has 2 aliphatic heterocycles. The fourth-order valence-electron chi connectivity index (χ4n) is 3.23. The lowest BCUT2D eigenvalue weighted by Crippen LogP contribution is -2.40. The summed E-state index contributed by atoms with van der Waals surface area (Å²) >= 11 is 6.15. The number of rotatable bonds is 5. The van der Waals surface area contributed by atoms with Crippen molar-refractivity contribution in [2.45, 2.75) is 32.1 Å². The number of nitrogens with zero attached hydrogens (tertiary/aromatic N) is 1. The Morgan fingerprint density at radius 2 is 2.00 bits per heavy atom. The number of halogens is 1. The van der Waals surface area contributed by atoms with Gasteiger partial charge in [0.2, 0.25) is 5.91 Å². The number of nitrogens with one attached hydrogen (secondary N) is 1. The molecule has 2 aliphatic rings. The van der Waals surface area contributed by atoms with Gasteiger partial charge in [-0.25, -0.2) is 0 Å². The van der Waals surface area contributed by atoms with E-state index in [1.54, 1.807) is 0 Å². The lowest BCUT2D eigenvalue weighted by Gasteiger charge is -2.19. The maximum Gasteiger partial charge on any atom is 0.217 e. The van der Waals surface area contributed by atoms with Crippen LogP contribution >= 0.6 is 11.6 Å². The summed E-state index contributed by atoms with van der Waals surface area (Å²) in [4.78, 5) is 13.4. The Hall–Kier alpha value is -1.34. The third-order valence-electron chi connectivity index (χ3n) is 4.47. The minimum absolute atomic E-state index is 0.0429. The zero-order chi connectivity index (χ0) is 17.8. The van der Waals surface area contributed by atoms with Crippen LogP contribution in [0, 0.1) is 6.92 Å². The highest BCUT2D eigenvalue weighted by Gasteiger charge is 2.37. The summed E-state index contributed by atoms with van der Waals surface area (Å²) in [5, 5.41) is 3.48. The van der Waals surface area contributed by atoms with E-state index in [9.17, 15) is 4.79 Å². The maximum absolute atomic E-state index is 11.1. The number of aryl methyl sites for hydroxylation is 1. The number of hydrogen-bond donors (Lipinski definition) is 1. The van der Waals surface area contributed by atoms with Gasteiger partial charge >= 0.3 is 0 Å². The number of ether oxygens (including phenoxy) is 3. The molecule has 1 N–H and O–H groups in total. The van der Waals surface area contributed by atoms with Gasteiger partial charge in [0.1, 0.15) is 12.4 Å². The minimum atomic E-state index is -0.0663. The van der Waals surface area contributed by atoms with Crippen molar-refractivity contribution in [1.82, 2.24) is 10.2 Å². The average Bonchev–Trinajstić information content (AvgIpc) is 2.86. The van der Waals surface area contributed by atoms with Crippen LogP contribution in [-0.2, 0) is 14.3 Å². The van der Waals surface area contributed by atoms with E-state index in [-0.39, 0.29) is 24.2 Å². The van der Waals surface area contributed by atoms with E-state index in [1.807, 2.05) is 25.1 Å². The summed E-state index contributed by atoms with van der Waals surface area (Å²) < 4.78 is 17.7. The van der Waals surface area contributed by atoms with Crippen LogP contribution in [0.25, 0.3) is 0 Å². The number of benzene rings is 1. The summed E-state index contributed by atoms with van der Waals surface area (Å²) in [7, 11) is 0. The van der Waals surface area contributed by atoms with Crippen molar-refractivity contribution in [3.8, 4) is 5.75 Å². The molecule has 25 heavy (non-hydrogen) atoms. The van der Waals surface area contributed by atoms with E-state index in [0.717, 1.165) is 30.9 Å². The van der Waals surface area contributed by atoms with Gasteiger partial charge in [0.15, 0.2) is 0 Å². The fraction of sp³-hybridized carbons (Fsp3) is 0.611. The number of carbonyl (C=O) groups excluding carboxylic acids is 1. The smallest absolute Gasteiger partial charge is 0.217 e. The highest BCUT2D eigenvalue weighted by atomic mass is 35.5. The molecule has 0 bridgehead atoms. The summed E-state index contributed by atoms with van der Waals surface area (Å²) in [5.74, 6) is 0.665. The number of amides is 1. The third-order valence-corrected chi connectivity index (χ3v) is 4.79. The zero-order valence-corrected chi connectivity index (χ0v) is 15.4. The van der Waals surface area contributed by atoms with Crippen molar-refractivity contribution >= 4 is 17.5 Å². The van der Waals surface area contributed by atoms with E-state index < -0.39 is 0 Å². The Morgan fingerprint density at radius 3 is 2.64 bits per heavy atom. The first-order valence-electron chi connectivity index (χ1n) is 8.63. The van der Waals surface area contributed by atoms with Crippen molar-refractivity contribution in [3.63, 3.8) is 0 Å². The van der Waals surface area contributed by atoms with E-state index >= 15 is 0 Å². The van der Waals surface area contributed by atoms with Gasteiger partial charge in [-0.1, -0.05) is 17.7 Å². The van der Waals surface area contributed by atoms with Crippen molar-refractivity contribution in [2.24, 2.45) is 0 Å². The van der Waals surface area contributed by atoms with Gasteiger partial charge < -0.3 is 19.5 Å². The second-order valence-electron chi connectivity index (χ2n) is 6.68. The van der Waals surface area contributed by atoms with Crippen molar-refractivity contribution in [3.05, 3.63) is 28.8 Å². The standard InChI is InChI=1S/C18H25ClN2O4/c1-12-3-4-15(19)16(7-12)23-6-5-21-8-17-18(9-21)25-11-14(10-24-17)20-13(2)22/h3-4,7,14,17-18H,5-6,8-11H2,1-2H3,(H,20,22)/t17-,18-/m0/s1. The molecule has 1 amide bonds. The molecule has 0 aromatic heterocycles. The van der Waals surface area contributed by atoms with Crippen LogP contribution in [0.4, 0.5) is 0 Å². The summed E-state index contributed by atoms with van der Waals surface area (Å²) in [6.07, 6.45) is 0.0858. The molecule has 0 aliphatic carbocycles. The van der Waals surface area contributed by atoms with Crippen LogP contribution in [0.2, 0.25) is 5.02 Å². The predicted octanol–water partition coefficient (Wildman–Crippen LogP) is 1.63. The zero-order valence-electron chi connectivity index (χ0n) is 14.7. The molecule has 1 aromatic carbocycles. The van der Waals surface area contributed by atoms with Gasteiger partial charge in [-0.2, -0.15) is 0 Å². The lowest BCUT2D eigenvalue weighted by atomic mass is 10.2. The molecule has 0 radical (unpaired) electrons. The van der Waals surface area contributed by atoms with Crippen LogP contribution in [0.1, 0.15) is 12.5 Å². The molecule has 6 nitrogen and oxygen atoms in total. The van der Waals surface area contributed by atoms with Gasteiger partial charge in [-0.05, 0) is 24.6 Å². The first-order chi connectivity index (χ1) is 12.0. The number of carbonyl (C=O) groups is 1. The molecule has 2 atom stereocenters. The van der Waals surface area contributed by atoms with Gasteiger partial charge in [0.05, 0.1) is 36.5 Å². The van der Waals surface area contributed by atoms with Crippen LogP contribution < -0.4 is 10.1 Å². The first-order valence-corrected chi connectivity index (χ1v) is 9.00. The molecule has 0 saturated carbocycles. The number of fused-ring (bicyclic) bond motifs is 1. The Balaban J connectivity index is 1.43. The third kappa shape index (κ3) is 5.07. The van der Waals surface area contributed by atoms with Crippen molar-refractivity contribution < 1.29 is 19.0 Å².